The molecule has 0 saturated carbocycles. The molecule has 21 heavy (non-hydrogen) atoms. The summed E-state index contributed by atoms with van der Waals surface area (Å²) in [6.07, 6.45) is 0.485. The van der Waals surface area contributed by atoms with Gasteiger partial charge in [0.05, 0.1) is 6.54 Å². The van der Waals surface area contributed by atoms with Crippen molar-refractivity contribution in [2.45, 2.75) is 19.4 Å². The Hall–Kier alpha value is -1.64. The predicted molar refractivity (Wildman–Crippen MR) is 87.7 cm³/mol. The third-order valence-corrected chi connectivity index (χ3v) is 3.94. The molecule has 0 bridgehead atoms. The largest absolute Gasteiger partial charge is 0.298 e. The van der Waals surface area contributed by atoms with Crippen molar-refractivity contribution in [1.82, 2.24) is 4.90 Å². The molecule has 0 saturated heterocycles. The van der Waals surface area contributed by atoms with Crippen LogP contribution >= 0.6 is 11.6 Å². The highest BCUT2D eigenvalue weighted by atomic mass is 35.5. The molecule has 110 valence electrons. The van der Waals surface area contributed by atoms with Crippen LogP contribution in [0.4, 0.5) is 0 Å². The van der Waals surface area contributed by atoms with Gasteiger partial charge in [0.25, 0.3) is 0 Å². The van der Waals surface area contributed by atoms with Crippen LogP contribution in [0, 0.1) is 0 Å². The van der Waals surface area contributed by atoms with Crippen LogP contribution in [0.3, 0.4) is 0 Å². The molecule has 0 spiro atoms. The number of Topliss-reactive ketones (excluding diaryl/α,β-unsaturated/α-hetero) is 1. The first-order chi connectivity index (χ1) is 10.1. The van der Waals surface area contributed by atoms with Gasteiger partial charge in [-0.25, -0.2) is 0 Å². The second-order valence-electron chi connectivity index (χ2n) is 5.34. The Morgan fingerprint density at radius 1 is 1.10 bits per heavy atom. The maximum Gasteiger partial charge on any atom is 0.151 e. The molecule has 1 atom stereocenters. The van der Waals surface area contributed by atoms with Gasteiger partial charge in [0.15, 0.2) is 5.78 Å². The Morgan fingerprint density at radius 3 is 2.33 bits per heavy atom. The van der Waals surface area contributed by atoms with E-state index in [9.17, 15) is 4.79 Å². The highest BCUT2D eigenvalue weighted by molar-refractivity contribution is 6.30. The SMILES string of the molecule is CC(c1ccc(Cl)cc1)N(C)CC(=O)Cc1ccccc1. The Morgan fingerprint density at radius 2 is 1.71 bits per heavy atom. The summed E-state index contributed by atoms with van der Waals surface area (Å²) < 4.78 is 0. The molecule has 3 heteroatoms. The zero-order chi connectivity index (χ0) is 15.2. The van der Waals surface area contributed by atoms with Crippen molar-refractivity contribution in [2.75, 3.05) is 13.6 Å². The highest BCUT2D eigenvalue weighted by Gasteiger charge is 2.15. The predicted octanol–water partition coefficient (Wildman–Crippen LogP) is 4.14. The maximum absolute atomic E-state index is 12.1. The molecule has 0 aliphatic rings. The number of rotatable bonds is 6. The van der Waals surface area contributed by atoms with Crippen molar-refractivity contribution in [3.05, 3.63) is 70.7 Å². The van der Waals surface area contributed by atoms with Gasteiger partial charge < -0.3 is 0 Å². The summed E-state index contributed by atoms with van der Waals surface area (Å²) in [7, 11) is 1.97. The molecule has 0 fully saturated rings. The number of hydrogen-bond donors (Lipinski definition) is 0. The summed E-state index contributed by atoms with van der Waals surface area (Å²) in [5.41, 5.74) is 2.23. The van der Waals surface area contributed by atoms with Crippen LogP contribution in [0.25, 0.3) is 0 Å². The van der Waals surface area contributed by atoms with E-state index in [0.717, 1.165) is 16.1 Å². The van der Waals surface area contributed by atoms with Gasteiger partial charge in [-0.3, -0.25) is 9.69 Å². The van der Waals surface area contributed by atoms with Crippen LogP contribution in [-0.4, -0.2) is 24.3 Å². The van der Waals surface area contributed by atoms with E-state index in [0.29, 0.717) is 13.0 Å². The lowest BCUT2D eigenvalue weighted by molar-refractivity contribution is -0.119. The molecule has 0 N–H and O–H groups in total. The Bertz CT molecular complexity index is 580. The quantitative estimate of drug-likeness (QED) is 0.799. The van der Waals surface area contributed by atoms with Gasteiger partial charge in [0.1, 0.15) is 0 Å². The second kappa shape index (κ2) is 7.39. The van der Waals surface area contributed by atoms with Crippen LogP contribution in [0.2, 0.25) is 5.02 Å². The molecule has 2 rings (SSSR count). The Labute approximate surface area is 131 Å². The number of halogens is 1. The lowest BCUT2D eigenvalue weighted by Gasteiger charge is -2.24. The van der Waals surface area contributed by atoms with Crippen LogP contribution < -0.4 is 0 Å². The maximum atomic E-state index is 12.1. The summed E-state index contributed by atoms with van der Waals surface area (Å²) in [5, 5.41) is 0.730. The number of ketones is 1. The standard InChI is InChI=1S/C18H20ClNO/c1-14(16-8-10-17(19)11-9-16)20(2)13-18(21)12-15-6-4-3-5-7-15/h3-11,14H,12-13H2,1-2H3. The second-order valence-corrected chi connectivity index (χ2v) is 5.78. The van der Waals surface area contributed by atoms with Crippen molar-refractivity contribution in [3.63, 3.8) is 0 Å². The molecule has 0 aliphatic heterocycles. The van der Waals surface area contributed by atoms with E-state index in [1.165, 1.54) is 0 Å². The molecule has 0 aliphatic carbocycles. The third kappa shape index (κ3) is 4.69. The van der Waals surface area contributed by atoms with E-state index in [1.54, 1.807) is 0 Å². The number of carbonyl (C=O) groups is 1. The fourth-order valence-electron chi connectivity index (χ4n) is 2.29. The zero-order valence-electron chi connectivity index (χ0n) is 12.4. The summed E-state index contributed by atoms with van der Waals surface area (Å²) in [6, 6.07) is 17.8. The average molecular weight is 302 g/mol. The van der Waals surface area contributed by atoms with Crippen LogP contribution in [0.15, 0.2) is 54.6 Å². The van der Waals surface area contributed by atoms with Crippen molar-refractivity contribution >= 4 is 17.4 Å². The van der Waals surface area contributed by atoms with Gasteiger partial charge >= 0.3 is 0 Å². The van der Waals surface area contributed by atoms with Gasteiger partial charge in [-0.15, -0.1) is 0 Å². The minimum Gasteiger partial charge on any atom is -0.298 e. The number of benzene rings is 2. The Balaban J connectivity index is 1.92. The first-order valence-electron chi connectivity index (χ1n) is 7.07. The number of carbonyl (C=O) groups excluding carboxylic acids is 1. The summed E-state index contributed by atoms with van der Waals surface area (Å²) in [4.78, 5) is 14.2. The van der Waals surface area contributed by atoms with Gasteiger partial charge in [-0.2, -0.15) is 0 Å². The summed E-state index contributed by atoms with van der Waals surface area (Å²) in [6.45, 7) is 2.54. The van der Waals surface area contributed by atoms with Crippen LogP contribution in [0.1, 0.15) is 24.1 Å². The smallest absolute Gasteiger partial charge is 0.151 e. The number of likely N-dealkylation sites (N-methyl/N-ethyl adjacent to an activating group) is 1. The minimum atomic E-state index is 0.182. The number of hydrogen-bond acceptors (Lipinski definition) is 2. The first-order valence-corrected chi connectivity index (χ1v) is 7.45. The van der Waals surface area contributed by atoms with Crippen molar-refractivity contribution < 1.29 is 4.79 Å². The molecule has 0 radical (unpaired) electrons. The van der Waals surface area contributed by atoms with Gasteiger partial charge in [-0.05, 0) is 37.2 Å². The lowest BCUT2D eigenvalue weighted by atomic mass is 10.1. The van der Waals surface area contributed by atoms with Gasteiger partial charge in [0.2, 0.25) is 0 Å². The van der Waals surface area contributed by atoms with Crippen LogP contribution in [0.5, 0.6) is 0 Å². The monoisotopic (exact) mass is 301 g/mol. The minimum absolute atomic E-state index is 0.182. The zero-order valence-corrected chi connectivity index (χ0v) is 13.2. The van der Waals surface area contributed by atoms with Crippen molar-refractivity contribution in [1.29, 1.82) is 0 Å². The fraction of sp³-hybridized carbons (Fsp3) is 0.278. The molecular weight excluding hydrogens is 282 g/mol. The Kier molecular flexibility index (Phi) is 5.54. The van der Waals surface area contributed by atoms with Crippen LogP contribution in [-0.2, 0) is 11.2 Å². The van der Waals surface area contributed by atoms with E-state index in [4.69, 9.17) is 11.6 Å². The molecule has 0 heterocycles. The van der Waals surface area contributed by atoms with E-state index in [-0.39, 0.29) is 11.8 Å². The van der Waals surface area contributed by atoms with Gasteiger partial charge in [-0.1, -0.05) is 54.1 Å². The molecule has 0 amide bonds. The molecule has 0 aromatic heterocycles. The van der Waals surface area contributed by atoms with Gasteiger partial charge in [0, 0.05) is 17.5 Å². The van der Waals surface area contributed by atoms with Crippen molar-refractivity contribution in [2.24, 2.45) is 0 Å². The van der Waals surface area contributed by atoms with E-state index in [1.807, 2.05) is 61.6 Å². The molecule has 2 nitrogen and oxygen atoms in total. The van der Waals surface area contributed by atoms with E-state index < -0.39 is 0 Å². The fourth-order valence-corrected chi connectivity index (χ4v) is 2.42. The molecule has 1 unspecified atom stereocenters. The average Bonchev–Trinajstić information content (AvgIpc) is 2.48. The van der Waals surface area contributed by atoms with Crippen molar-refractivity contribution in [3.8, 4) is 0 Å². The van der Waals surface area contributed by atoms with E-state index in [2.05, 4.69) is 11.8 Å². The summed E-state index contributed by atoms with van der Waals surface area (Å²) >= 11 is 5.90. The number of nitrogens with zero attached hydrogens (tertiary/aromatic N) is 1. The molecule has 2 aromatic rings. The third-order valence-electron chi connectivity index (χ3n) is 3.68. The normalized spacial score (nSPS) is 12.4. The molecular formula is C18H20ClNO. The lowest BCUT2D eigenvalue weighted by Crippen LogP contribution is -2.29. The summed E-state index contributed by atoms with van der Waals surface area (Å²) in [5.74, 6) is 0.226. The van der Waals surface area contributed by atoms with E-state index >= 15 is 0 Å². The molecule has 2 aromatic carbocycles. The first kappa shape index (κ1) is 15.7. The highest BCUT2D eigenvalue weighted by Crippen LogP contribution is 2.20. The topological polar surface area (TPSA) is 20.3 Å².